The van der Waals surface area contributed by atoms with Gasteiger partial charge in [0, 0.05) is 12.1 Å². The Labute approximate surface area is 108 Å². The normalized spacial score (nSPS) is 12.2. The van der Waals surface area contributed by atoms with E-state index < -0.39 is 6.10 Å². The third-order valence-electron chi connectivity index (χ3n) is 2.74. The molecule has 1 amide bonds. The molecule has 0 aliphatic heterocycles. The molecule has 4 nitrogen and oxygen atoms in total. The summed E-state index contributed by atoms with van der Waals surface area (Å²) < 4.78 is 0. The summed E-state index contributed by atoms with van der Waals surface area (Å²) in [5.74, 6) is -0.232. The standard InChI is InChI=1S/C14H21NO3/c1-2-3-4-11-5-7-12(8-6-11)14(18)15-9-13(17)10-16/h5-8,13,16-17H,2-4,9-10H2,1H3,(H,15,18). The topological polar surface area (TPSA) is 69.6 Å². The van der Waals surface area contributed by atoms with Gasteiger partial charge in [0.25, 0.3) is 5.91 Å². The first-order chi connectivity index (χ1) is 8.67. The predicted octanol–water partition coefficient (Wildman–Crippen LogP) is 1.11. The van der Waals surface area contributed by atoms with Gasteiger partial charge in [0.05, 0.1) is 12.7 Å². The van der Waals surface area contributed by atoms with E-state index in [0.29, 0.717) is 5.56 Å². The lowest BCUT2D eigenvalue weighted by Crippen LogP contribution is -2.33. The first-order valence-corrected chi connectivity index (χ1v) is 6.33. The van der Waals surface area contributed by atoms with E-state index in [9.17, 15) is 4.79 Å². The maximum absolute atomic E-state index is 11.7. The Kier molecular flexibility index (Phi) is 6.39. The van der Waals surface area contributed by atoms with E-state index in [1.54, 1.807) is 12.1 Å². The van der Waals surface area contributed by atoms with Gasteiger partial charge in [-0.3, -0.25) is 4.79 Å². The molecular formula is C14H21NO3. The smallest absolute Gasteiger partial charge is 0.251 e. The average Bonchev–Trinajstić information content (AvgIpc) is 2.42. The molecule has 0 aliphatic rings. The first kappa shape index (κ1) is 14.7. The summed E-state index contributed by atoms with van der Waals surface area (Å²) in [6, 6.07) is 7.47. The van der Waals surface area contributed by atoms with Crippen molar-refractivity contribution < 1.29 is 15.0 Å². The molecule has 0 fully saturated rings. The van der Waals surface area contributed by atoms with Gasteiger partial charge in [0.1, 0.15) is 0 Å². The molecule has 0 saturated heterocycles. The second-order valence-corrected chi connectivity index (χ2v) is 4.35. The maximum atomic E-state index is 11.7. The SMILES string of the molecule is CCCCc1ccc(C(=O)NCC(O)CO)cc1. The third kappa shape index (κ3) is 4.85. The van der Waals surface area contributed by atoms with Gasteiger partial charge in [-0.1, -0.05) is 25.5 Å². The van der Waals surface area contributed by atoms with Gasteiger partial charge in [-0.2, -0.15) is 0 Å². The van der Waals surface area contributed by atoms with Crippen molar-refractivity contribution in [3.8, 4) is 0 Å². The molecule has 1 aromatic rings. The molecule has 1 atom stereocenters. The summed E-state index contributed by atoms with van der Waals surface area (Å²) in [7, 11) is 0. The van der Waals surface area contributed by atoms with Gasteiger partial charge in [-0.15, -0.1) is 0 Å². The number of carbonyl (C=O) groups is 1. The van der Waals surface area contributed by atoms with Gasteiger partial charge < -0.3 is 15.5 Å². The highest BCUT2D eigenvalue weighted by Crippen LogP contribution is 2.07. The van der Waals surface area contributed by atoms with Crippen molar-refractivity contribution in [1.29, 1.82) is 0 Å². The number of rotatable bonds is 7. The fourth-order valence-corrected chi connectivity index (χ4v) is 1.58. The van der Waals surface area contributed by atoms with Crippen LogP contribution in [0.2, 0.25) is 0 Å². The Morgan fingerprint density at radius 2 is 2.00 bits per heavy atom. The van der Waals surface area contributed by atoms with Crippen molar-refractivity contribution in [2.45, 2.75) is 32.3 Å². The van der Waals surface area contributed by atoms with Crippen LogP contribution in [0.25, 0.3) is 0 Å². The Bertz CT molecular complexity index is 362. The molecule has 0 radical (unpaired) electrons. The van der Waals surface area contributed by atoms with E-state index in [4.69, 9.17) is 10.2 Å². The molecule has 0 heterocycles. The fraction of sp³-hybridized carbons (Fsp3) is 0.500. The molecule has 0 spiro atoms. The van der Waals surface area contributed by atoms with Crippen LogP contribution in [0.15, 0.2) is 24.3 Å². The van der Waals surface area contributed by atoms with Gasteiger partial charge in [0.2, 0.25) is 0 Å². The Hall–Kier alpha value is -1.39. The highest BCUT2D eigenvalue weighted by molar-refractivity contribution is 5.94. The molecular weight excluding hydrogens is 230 g/mol. The molecule has 4 heteroatoms. The molecule has 1 rings (SSSR count). The number of benzene rings is 1. The van der Waals surface area contributed by atoms with Crippen LogP contribution in [0, 0.1) is 0 Å². The van der Waals surface area contributed by atoms with E-state index in [0.717, 1.165) is 19.3 Å². The number of amides is 1. The summed E-state index contributed by atoms with van der Waals surface area (Å²) in [5.41, 5.74) is 1.80. The summed E-state index contributed by atoms with van der Waals surface area (Å²) in [5, 5.41) is 20.3. The van der Waals surface area contributed by atoms with Crippen LogP contribution in [0.1, 0.15) is 35.7 Å². The van der Waals surface area contributed by atoms with Gasteiger partial charge in [-0.25, -0.2) is 0 Å². The van der Waals surface area contributed by atoms with Crippen molar-refractivity contribution in [3.63, 3.8) is 0 Å². The number of hydrogen-bond donors (Lipinski definition) is 3. The molecule has 0 bridgehead atoms. The monoisotopic (exact) mass is 251 g/mol. The van der Waals surface area contributed by atoms with Crippen LogP contribution in [0.4, 0.5) is 0 Å². The maximum Gasteiger partial charge on any atom is 0.251 e. The second-order valence-electron chi connectivity index (χ2n) is 4.35. The van der Waals surface area contributed by atoms with Crippen LogP contribution in [0.5, 0.6) is 0 Å². The van der Waals surface area contributed by atoms with Gasteiger partial charge in [0.15, 0.2) is 0 Å². The lowest BCUT2D eigenvalue weighted by Gasteiger charge is -2.09. The number of aryl methyl sites for hydroxylation is 1. The summed E-state index contributed by atoms with van der Waals surface area (Å²) in [6.07, 6.45) is 2.43. The molecule has 100 valence electrons. The van der Waals surface area contributed by atoms with Crippen LogP contribution >= 0.6 is 0 Å². The molecule has 0 aliphatic carbocycles. The number of aliphatic hydroxyl groups is 2. The summed E-state index contributed by atoms with van der Waals surface area (Å²) in [4.78, 5) is 11.7. The highest BCUT2D eigenvalue weighted by Gasteiger charge is 2.07. The molecule has 3 N–H and O–H groups in total. The van der Waals surface area contributed by atoms with Gasteiger partial charge >= 0.3 is 0 Å². The van der Waals surface area contributed by atoms with Crippen molar-refractivity contribution in [2.75, 3.05) is 13.2 Å². The first-order valence-electron chi connectivity index (χ1n) is 6.33. The van der Waals surface area contributed by atoms with Crippen LogP contribution in [0.3, 0.4) is 0 Å². The zero-order valence-electron chi connectivity index (χ0n) is 10.7. The number of unbranched alkanes of at least 4 members (excludes halogenated alkanes) is 1. The van der Waals surface area contributed by atoms with Crippen molar-refractivity contribution in [2.24, 2.45) is 0 Å². The number of nitrogens with one attached hydrogen (secondary N) is 1. The quantitative estimate of drug-likeness (QED) is 0.680. The average molecular weight is 251 g/mol. The van der Waals surface area contributed by atoms with Crippen molar-refractivity contribution >= 4 is 5.91 Å². The minimum atomic E-state index is -0.905. The van der Waals surface area contributed by atoms with E-state index in [-0.39, 0.29) is 19.1 Å². The number of hydrogen-bond acceptors (Lipinski definition) is 3. The Morgan fingerprint density at radius 1 is 1.33 bits per heavy atom. The van der Waals surface area contributed by atoms with Crippen LogP contribution in [-0.4, -0.2) is 35.4 Å². The molecule has 1 unspecified atom stereocenters. The lowest BCUT2D eigenvalue weighted by molar-refractivity contribution is 0.0802. The lowest BCUT2D eigenvalue weighted by atomic mass is 10.1. The van der Waals surface area contributed by atoms with Crippen molar-refractivity contribution in [1.82, 2.24) is 5.32 Å². The Balaban J connectivity index is 2.48. The van der Waals surface area contributed by atoms with Crippen LogP contribution in [-0.2, 0) is 6.42 Å². The second kappa shape index (κ2) is 7.84. The number of carbonyl (C=O) groups excluding carboxylic acids is 1. The van der Waals surface area contributed by atoms with E-state index in [1.807, 2.05) is 12.1 Å². The molecule has 18 heavy (non-hydrogen) atoms. The zero-order valence-corrected chi connectivity index (χ0v) is 10.7. The van der Waals surface area contributed by atoms with E-state index >= 15 is 0 Å². The summed E-state index contributed by atoms with van der Waals surface area (Å²) in [6.45, 7) is 1.86. The van der Waals surface area contributed by atoms with Gasteiger partial charge in [-0.05, 0) is 30.5 Å². The fourth-order valence-electron chi connectivity index (χ4n) is 1.58. The summed E-state index contributed by atoms with van der Waals surface area (Å²) >= 11 is 0. The highest BCUT2D eigenvalue weighted by atomic mass is 16.3. The zero-order chi connectivity index (χ0) is 13.4. The van der Waals surface area contributed by atoms with Crippen LogP contribution < -0.4 is 5.32 Å². The molecule has 0 saturated carbocycles. The number of aliphatic hydroxyl groups excluding tert-OH is 2. The molecule has 1 aromatic carbocycles. The van der Waals surface area contributed by atoms with E-state index in [2.05, 4.69) is 12.2 Å². The molecule has 0 aromatic heterocycles. The Morgan fingerprint density at radius 3 is 2.56 bits per heavy atom. The minimum absolute atomic E-state index is 0.0624. The predicted molar refractivity (Wildman–Crippen MR) is 70.5 cm³/mol. The largest absolute Gasteiger partial charge is 0.394 e. The third-order valence-corrected chi connectivity index (χ3v) is 2.74. The van der Waals surface area contributed by atoms with E-state index in [1.165, 1.54) is 5.56 Å². The minimum Gasteiger partial charge on any atom is -0.394 e. The van der Waals surface area contributed by atoms with Crippen molar-refractivity contribution in [3.05, 3.63) is 35.4 Å².